The van der Waals surface area contributed by atoms with E-state index in [-0.39, 0.29) is 29.2 Å². The highest BCUT2D eigenvalue weighted by Crippen LogP contribution is 2.51. The van der Waals surface area contributed by atoms with Crippen molar-refractivity contribution in [1.29, 1.82) is 0 Å². The molecule has 1 aliphatic carbocycles. The van der Waals surface area contributed by atoms with Crippen molar-refractivity contribution in [3.8, 4) is 0 Å². The number of nitrogens with one attached hydrogen (secondary N) is 2. The highest BCUT2D eigenvalue weighted by Gasteiger charge is 2.50. The number of rotatable bonds is 11. The predicted molar refractivity (Wildman–Crippen MR) is 89.1 cm³/mol. The molecule has 138 valence electrons. The zero-order valence-corrected chi connectivity index (χ0v) is 15.0. The summed E-state index contributed by atoms with van der Waals surface area (Å²) in [6, 6.07) is 0. The number of carboxylic acids is 1. The van der Waals surface area contributed by atoms with E-state index in [2.05, 4.69) is 10.6 Å². The van der Waals surface area contributed by atoms with Crippen LogP contribution >= 0.6 is 7.60 Å². The van der Waals surface area contributed by atoms with Gasteiger partial charge in [-0.15, -0.1) is 0 Å². The molecule has 0 radical (unpaired) electrons. The fourth-order valence-corrected chi connectivity index (χ4v) is 2.82. The molecule has 0 heterocycles. The lowest BCUT2D eigenvalue weighted by molar-refractivity contribution is -0.135. The molecule has 0 aromatic rings. The van der Waals surface area contributed by atoms with Crippen molar-refractivity contribution in [3.63, 3.8) is 0 Å². The Bertz CT molecular complexity index is 540. The maximum absolute atomic E-state index is 11.9. The molecular formula is C15H27N2O6P. The van der Waals surface area contributed by atoms with Crippen molar-refractivity contribution in [2.45, 2.75) is 46.0 Å². The molecule has 1 aliphatic rings. The summed E-state index contributed by atoms with van der Waals surface area (Å²) in [5.74, 6) is -1.51. The summed E-state index contributed by atoms with van der Waals surface area (Å²) >= 11 is 0. The van der Waals surface area contributed by atoms with Crippen LogP contribution in [-0.2, 0) is 14.2 Å². The van der Waals surface area contributed by atoms with Gasteiger partial charge in [0.1, 0.15) is 5.70 Å². The van der Waals surface area contributed by atoms with Crippen LogP contribution in [0.5, 0.6) is 0 Å². The number of allylic oxidation sites excluding steroid dienone is 1. The third-order valence-electron chi connectivity index (χ3n) is 4.04. The molecule has 0 aromatic heterocycles. The highest BCUT2D eigenvalue weighted by atomic mass is 31.2. The van der Waals surface area contributed by atoms with Crippen molar-refractivity contribution >= 4 is 19.5 Å². The third-order valence-corrected chi connectivity index (χ3v) is 4.68. The van der Waals surface area contributed by atoms with Crippen LogP contribution in [0.2, 0.25) is 0 Å². The van der Waals surface area contributed by atoms with Gasteiger partial charge in [-0.25, -0.2) is 4.79 Å². The second-order valence-corrected chi connectivity index (χ2v) is 8.48. The number of hydrogen-bond acceptors (Lipinski definition) is 4. The van der Waals surface area contributed by atoms with Gasteiger partial charge in [-0.1, -0.05) is 26.3 Å². The first-order valence-corrected chi connectivity index (χ1v) is 9.82. The Kier molecular flexibility index (Phi) is 7.60. The summed E-state index contributed by atoms with van der Waals surface area (Å²) in [5, 5.41) is 14.3. The molecule has 1 saturated carbocycles. The largest absolute Gasteiger partial charge is 0.477 e. The summed E-state index contributed by atoms with van der Waals surface area (Å²) in [6.45, 7) is 4.44. The Labute approximate surface area is 141 Å². The SMILES string of the molecule is CC1(C)CC1C(=O)N/C(=C\CCCCCNCP(=O)(O)O)C(=O)O. The molecule has 9 heteroatoms. The lowest BCUT2D eigenvalue weighted by Crippen LogP contribution is -2.29. The highest BCUT2D eigenvalue weighted by molar-refractivity contribution is 7.51. The summed E-state index contributed by atoms with van der Waals surface area (Å²) < 4.78 is 10.6. The van der Waals surface area contributed by atoms with E-state index in [1.165, 1.54) is 6.08 Å². The maximum Gasteiger partial charge on any atom is 0.352 e. The van der Waals surface area contributed by atoms with Gasteiger partial charge in [0.25, 0.3) is 0 Å². The zero-order valence-electron chi connectivity index (χ0n) is 14.1. The molecule has 24 heavy (non-hydrogen) atoms. The van der Waals surface area contributed by atoms with Gasteiger partial charge in [0.2, 0.25) is 5.91 Å². The number of carbonyl (C=O) groups is 2. The van der Waals surface area contributed by atoms with Crippen LogP contribution in [0.3, 0.4) is 0 Å². The minimum Gasteiger partial charge on any atom is -0.477 e. The molecule has 1 rings (SSSR count). The third kappa shape index (κ3) is 8.06. The standard InChI is InChI=1S/C15H27N2O6P/c1-15(2)9-11(15)13(18)17-12(14(19)20)7-5-3-4-6-8-16-10-24(21,22)23/h7,11,16H,3-6,8-10H2,1-2H3,(H,17,18)(H,19,20)(H2,21,22,23)/b12-7-. The number of amides is 1. The number of hydrogen-bond donors (Lipinski definition) is 5. The molecule has 1 amide bonds. The van der Waals surface area contributed by atoms with Gasteiger partial charge >= 0.3 is 13.6 Å². The lowest BCUT2D eigenvalue weighted by Gasteiger charge is -2.08. The van der Waals surface area contributed by atoms with E-state index >= 15 is 0 Å². The van der Waals surface area contributed by atoms with Gasteiger partial charge in [0, 0.05) is 5.92 Å². The van der Waals surface area contributed by atoms with Crippen LogP contribution in [0.25, 0.3) is 0 Å². The zero-order chi connectivity index (χ0) is 18.4. The Balaban J connectivity index is 2.23. The molecule has 0 spiro atoms. The van der Waals surface area contributed by atoms with Gasteiger partial charge in [-0.3, -0.25) is 9.36 Å². The molecule has 0 aromatic carbocycles. The topological polar surface area (TPSA) is 136 Å². The number of carbonyl (C=O) groups excluding carboxylic acids is 1. The number of carboxylic acid groups (broad SMARTS) is 1. The average Bonchev–Trinajstić information content (AvgIpc) is 3.07. The first-order valence-electron chi connectivity index (χ1n) is 8.02. The van der Waals surface area contributed by atoms with E-state index in [0.717, 1.165) is 25.7 Å². The van der Waals surface area contributed by atoms with E-state index in [9.17, 15) is 14.2 Å². The van der Waals surface area contributed by atoms with Crippen LogP contribution in [0, 0.1) is 11.3 Å². The summed E-state index contributed by atoms with van der Waals surface area (Å²) in [5.41, 5.74) is -0.129. The van der Waals surface area contributed by atoms with Crippen LogP contribution in [-0.4, -0.2) is 39.6 Å². The van der Waals surface area contributed by atoms with E-state index in [0.29, 0.717) is 13.0 Å². The van der Waals surface area contributed by atoms with E-state index in [1.807, 2.05) is 13.8 Å². The van der Waals surface area contributed by atoms with E-state index in [4.69, 9.17) is 14.9 Å². The van der Waals surface area contributed by atoms with E-state index < -0.39 is 13.6 Å². The first kappa shape index (κ1) is 20.8. The molecule has 0 aliphatic heterocycles. The maximum atomic E-state index is 11.9. The average molecular weight is 362 g/mol. The van der Waals surface area contributed by atoms with E-state index in [1.54, 1.807) is 0 Å². The van der Waals surface area contributed by atoms with Gasteiger partial charge in [0.15, 0.2) is 0 Å². The Hall–Kier alpha value is -1.21. The van der Waals surface area contributed by atoms with Crippen LogP contribution < -0.4 is 10.6 Å². The minimum absolute atomic E-state index is 0.0478. The van der Waals surface area contributed by atoms with Gasteiger partial charge in [0.05, 0.1) is 6.29 Å². The molecule has 0 saturated heterocycles. The van der Waals surface area contributed by atoms with Gasteiger partial charge < -0.3 is 25.5 Å². The number of unbranched alkanes of at least 4 members (excludes halogenated alkanes) is 3. The van der Waals surface area contributed by atoms with Crippen molar-refractivity contribution in [3.05, 3.63) is 11.8 Å². The number of aliphatic carboxylic acids is 1. The Morgan fingerprint density at radius 3 is 2.38 bits per heavy atom. The van der Waals surface area contributed by atoms with Crippen molar-refractivity contribution in [1.82, 2.24) is 10.6 Å². The fraction of sp³-hybridized carbons (Fsp3) is 0.733. The minimum atomic E-state index is -4.00. The van der Waals surface area contributed by atoms with Crippen LogP contribution in [0.1, 0.15) is 46.0 Å². The monoisotopic (exact) mass is 362 g/mol. The van der Waals surface area contributed by atoms with Gasteiger partial charge in [-0.2, -0.15) is 0 Å². The van der Waals surface area contributed by atoms with Crippen LogP contribution in [0.4, 0.5) is 0 Å². The molecule has 1 fully saturated rings. The molecule has 1 atom stereocenters. The lowest BCUT2D eigenvalue weighted by atomic mass is 10.1. The Morgan fingerprint density at radius 1 is 1.25 bits per heavy atom. The van der Waals surface area contributed by atoms with Crippen molar-refractivity contribution < 1.29 is 29.0 Å². The molecule has 5 N–H and O–H groups in total. The van der Waals surface area contributed by atoms with Crippen LogP contribution in [0.15, 0.2) is 11.8 Å². The second-order valence-electron chi connectivity index (χ2n) is 6.83. The quantitative estimate of drug-likeness (QED) is 0.213. The fourth-order valence-electron chi connectivity index (χ4n) is 2.37. The first-order chi connectivity index (χ1) is 11.0. The second kappa shape index (κ2) is 8.76. The van der Waals surface area contributed by atoms with Crippen molar-refractivity contribution in [2.24, 2.45) is 11.3 Å². The molecule has 8 nitrogen and oxygen atoms in total. The van der Waals surface area contributed by atoms with Crippen molar-refractivity contribution in [2.75, 3.05) is 12.8 Å². The smallest absolute Gasteiger partial charge is 0.352 e. The predicted octanol–water partition coefficient (Wildman–Crippen LogP) is 1.40. The summed E-state index contributed by atoms with van der Waals surface area (Å²) in [4.78, 5) is 40.4. The normalized spacial score (nSPS) is 19.8. The molecule has 0 bridgehead atoms. The summed E-state index contributed by atoms with van der Waals surface area (Å²) in [7, 11) is -4.00. The molecule has 1 unspecified atom stereocenters. The van der Waals surface area contributed by atoms with Gasteiger partial charge in [-0.05, 0) is 37.6 Å². The molecular weight excluding hydrogens is 335 g/mol. The summed E-state index contributed by atoms with van der Waals surface area (Å²) in [6.07, 6.45) is 4.74. The Morgan fingerprint density at radius 2 is 1.88 bits per heavy atom.